The molecule has 0 saturated heterocycles. The second-order valence-corrected chi connectivity index (χ2v) is 4.58. The number of pyridine rings is 1. The summed E-state index contributed by atoms with van der Waals surface area (Å²) in [4.78, 5) is 15.9. The molecule has 5 heteroatoms. The second-order valence-electron chi connectivity index (χ2n) is 4.14. The molecule has 0 bridgehead atoms. The van der Waals surface area contributed by atoms with Crippen LogP contribution in [0, 0.1) is 0 Å². The fourth-order valence-corrected chi connectivity index (χ4v) is 2.04. The van der Waals surface area contributed by atoms with E-state index in [1.807, 2.05) is 12.1 Å². The summed E-state index contributed by atoms with van der Waals surface area (Å²) >= 11 is 5.85. The molecule has 3 rings (SSSR count). The van der Waals surface area contributed by atoms with Gasteiger partial charge in [0.05, 0.1) is 17.8 Å². The van der Waals surface area contributed by atoms with E-state index in [1.165, 1.54) is 5.01 Å². The highest BCUT2D eigenvalue weighted by Crippen LogP contribution is 2.22. The zero-order chi connectivity index (χ0) is 13.2. The standard InChI is InChI=1S/C14H10ClN3O/c15-11-3-1-10(2-4-11)13-9-14(19)18(17-13)12-5-7-16-8-6-12/h1-8H,9H2. The van der Waals surface area contributed by atoms with E-state index in [0.717, 1.165) is 17.0 Å². The van der Waals surface area contributed by atoms with Gasteiger partial charge in [0.2, 0.25) is 0 Å². The van der Waals surface area contributed by atoms with Crippen LogP contribution in [0.2, 0.25) is 5.02 Å². The monoisotopic (exact) mass is 271 g/mol. The number of anilines is 1. The van der Waals surface area contributed by atoms with Crippen LogP contribution in [0.3, 0.4) is 0 Å². The molecule has 1 aliphatic rings. The fourth-order valence-electron chi connectivity index (χ4n) is 1.92. The third kappa shape index (κ3) is 2.35. The number of carbonyl (C=O) groups is 1. The highest BCUT2D eigenvalue weighted by atomic mass is 35.5. The van der Waals surface area contributed by atoms with Crippen LogP contribution in [-0.4, -0.2) is 16.6 Å². The number of hydrogen-bond donors (Lipinski definition) is 0. The van der Waals surface area contributed by atoms with Crippen LogP contribution in [0.5, 0.6) is 0 Å². The summed E-state index contributed by atoms with van der Waals surface area (Å²) in [5.74, 6) is -0.0452. The van der Waals surface area contributed by atoms with Crippen LogP contribution in [0.1, 0.15) is 12.0 Å². The zero-order valence-electron chi connectivity index (χ0n) is 9.95. The van der Waals surface area contributed by atoms with Crippen molar-refractivity contribution >= 4 is 28.9 Å². The summed E-state index contributed by atoms with van der Waals surface area (Å²) in [6, 6.07) is 10.8. The summed E-state index contributed by atoms with van der Waals surface area (Å²) in [6.07, 6.45) is 3.57. The Labute approximate surface area is 115 Å². The van der Waals surface area contributed by atoms with Crippen LogP contribution < -0.4 is 5.01 Å². The van der Waals surface area contributed by atoms with Gasteiger partial charge in [-0.3, -0.25) is 9.78 Å². The Hall–Kier alpha value is -2.20. The summed E-state index contributed by atoms with van der Waals surface area (Å²) in [7, 11) is 0. The molecule has 0 radical (unpaired) electrons. The van der Waals surface area contributed by atoms with Crippen LogP contribution in [0.4, 0.5) is 5.69 Å². The molecule has 94 valence electrons. The lowest BCUT2D eigenvalue weighted by molar-refractivity contribution is -0.116. The predicted octanol–water partition coefficient (Wildman–Crippen LogP) is 2.88. The zero-order valence-corrected chi connectivity index (χ0v) is 10.7. The molecule has 1 amide bonds. The third-order valence-corrected chi connectivity index (χ3v) is 3.11. The minimum atomic E-state index is -0.0452. The molecule has 2 heterocycles. The van der Waals surface area contributed by atoms with E-state index in [4.69, 9.17) is 11.6 Å². The van der Waals surface area contributed by atoms with Crippen molar-refractivity contribution in [1.29, 1.82) is 0 Å². The van der Waals surface area contributed by atoms with Crippen molar-refractivity contribution < 1.29 is 4.79 Å². The molecule has 0 spiro atoms. The number of hydrogen-bond acceptors (Lipinski definition) is 3. The molecule has 0 unspecified atom stereocenters. The first-order chi connectivity index (χ1) is 9.24. The van der Waals surface area contributed by atoms with Crippen LogP contribution >= 0.6 is 11.6 Å². The molecule has 4 nitrogen and oxygen atoms in total. The van der Waals surface area contributed by atoms with E-state index in [9.17, 15) is 4.79 Å². The Bertz CT molecular complexity index is 638. The maximum absolute atomic E-state index is 12.0. The number of rotatable bonds is 2. The first kappa shape index (κ1) is 11.9. The van der Waals surface area contributed by atoms with Crippen molar-refractivity contribution in [2.24, 2.45) is 5.10 Å². The van der Waals surface area contributed by atoms with Crippen LogP contribution in [0.25, 0.3) is 0 Å². The molecule has 0 saturated carbocycles. The van der Waals surface area contributed by atoms with E-state index >= 15 is 0 Å². The van der Waals surface area contributed by atoms with Gasteiger partial charge in [-0.25, -0.2) is 5.01 Å². The van der Waals surface area contributed by atoms with E-state index < -0.39 is 0 Å². The van der Waals surface area contributed by atoms with E-state index in [0.29, 0.717) is 11.4 Å². The van der Waals surface area contributed by atoms with Gasteiger partial charge in [0.1, 0.15) is 0 Å². The minimum Gasteiger partial charge on any atom is -0.272 e. The topological polar surface area (TPSA) is 45.6 Å². The number of hydrazone groups is 1. The Morgan fingerprint density at radius 1 is 1.05 bits per heavy atom. The number of nitrogens with zero attached hydrogens (tertiary/aromatic N) is 3. The Morgan fingerprint density at radius 3 is 2.42 bits per heavy atom. The Balaban J connectivity index is 1.93. The summed E-state index contributed by atoms with van der Waals surface area (Å²) < 4.78 is 0. The minimum absolute atomic E-state index is 0.0452. The lowest BCUT2D eigenvalue weighted by Gasteiger charge is -2.10. The van der Waals surface area contributed by atoms with Crippen molar-refractivity contribution in [2.45, 2.75) is 6.42 Å². The van der Waals surface area contributed by atoms with Gasteiger partial charge in [0.15, 0.2) is 0 Å². The Morgan fingerprint density at radius 2 is 1.74 bits per heavy atom. The smallest absolute Gasteiger partial charge is 0.253 e. The van der Waals surface area contributed by atoms with Crippen LogP contribution in [0.15, 0.2) is 53.9 Å². The molecule has 0 atom stereocenters. The molecule has 0 aliphatic carbocycles. The molecule has 1 aliphatic heterocycles. The molecule has 1 aromatic heterocycles. The lowest BCUT2D eigenvalue weighted by Crippen LogP contribution is -2.19. The van der Waals surface area contributed by atoms with Crippen molar-refractivity contribution in [1.82, 2.24) is 4.98 Å². The second kappa shape index (κ2) is 4.82. The molecule has 0 N–H and O–H groups in total. The highest BCUT2D eigenvalue weighted by Gasteiger charge is 2.25. The number of halogens is 1. The summed E-state index contributed by atoms with van der Waals surface area (Å²) in [5, 5.41) is 6.44. The average molecular weight is 272 g/mol. The first-order valence-electron chi connectivity index (χ1n) is 5.80. The van der Waals surface area contributed by atoms with E-state index in [2.05, 4.69) is 10.1 Å². The SMILES string of the molecule is O=C1CC(c2ccc(Cl)cc2)=NN1c1ccncc1. The van der Waals surface area contributed by atoms with Crippen LogP contribution in [-0.2, 0) is 4.79 Å². The summed E-state index contributed by atoms with van der Waals surface area (Å²) in [5.41, 5.74) is 2.39. The number of benzene rings is 1. The van der Waals surface area contributed by atoms with Gasteiger partial charge in [-0.2, -0.15) is 5.10 Å². The van der Waals surface area contributed by atoms with E-state index in [1.54, 1.807) is 36.7 Å². The summed E-state index contributed by atoms with van der Waals surface area (Å²) in [6.45, 7) is 0. The predicted molar refractivity (Wildman–Crippen MR) is 74.3 cm³/mol. The van der Waals surface area contributed by atoms with Gasteiger partial charge in [-0.05, 0) is 29.8 Å². The fraction of sp³-hybridized carbons (Fsp3) is 0.0714. The van der Waals surface area contributed by atoms with Gasteiger partial charge in [0, 0.05) is 17.4 Å². The lowest BCUT2D eigenvalue weighted by atomic mass is 10.1. The maximum atomic E-state index is 12.0. The van der Waals surface area contributed by atoms with Gasteiger partial charge < -0.3 is 0 Å². The van der Waals surface area contributed by atoms with Gasteiger partial charge in [-0.15, -0.1) is 0 Å². The molecular formula is C14H10ClN3O. The molecular weight excluding hydrogens is 262 g/mol. The van der Waals surface area contributed by atoms with Gasteiger partial charge >= 0.3 is 0 Å². The Kier molecular flexibility index (Phi) is 3.01. The molecule has 0 fully saturated rings. The number of amides is 1. The highest BCUT2D eigenvalue weighted by molar-refractivity contribution is 6.30. The molecule has 19 heavy (non-hydrogen) atoms. The van der Waals surface area contributed by atoms with Crippen molar-refractivity contribution in [3.05, 3.63) is 59.4 Å². The quantitative estimate of drug-likeness (QED) is 0.843. The van der Waals surface area contributed by atoms with Crippen molar-refractivity contribution in [2.75, 3.05) is 5.01 Å². The normalized spacial score (nSPS) is 14.7. The molecule has 2 aromatic rings. The largest absolute Gasteiger partial charge is 0.272 e. The number of carbonyl (C=O) groups excluding carboxylic acids is 1. The maximum Gasteiger partial charge on any atom is 0.253 e. The van der Waals surface area contributed by atoms with Crippen molar-refractivity contribution in [3.63, 3.8) is 0 Å². The van der Waals surface area contributed by atoms with Crippen molar-refractivity contribution in [3.8, 4) is 0 Å². The van der Waals surface area contributed by atoms with Gasteiger partial charge in [-0.1, -0.05) is 23.7 Å². The van der Waals surface area contributed by atoms with Gasteiger partial charge in [0.25, 0.3) is 5.91 Å². The first-order valence-corrected chi connectivity index (χ1v) is 6.18. The number of aromatic nitrogens is 1. The average Bonchev–Trinajstić information content (AvgIpc) is 2.83. The van der Waals surface area contributed by atoms with E-state index in [-0.39, 0.29) is 5.91 Å². The molecule has 1 aromatic carbocycles. The third-order valence-electron chi connectivity index (χ3n) is 2.86.